The van der Waals surface area contributed by atoms with Gasteiger partial charge in [0.25, 0.3) is 0 Å². The lowest BCUT2D eigenvalue weighted by Crippen LogP contribution is -2.46. The van der Waals surface area contributed by atoms with Gasteiger partial charge in [0.1, 0.15) is 5.75 Å². The fraction of sp³-hybridized carbons (Fsp3) is 0.364. The highest BCUT2D eigenvalue weighted by atomic mass is 32.1. The molecule has 0 bridgehead atoms. The molecule has 1 saturated heterocycles. The van der Waals surface area contributed by atoms with Crippen molar-refractivity contribution in [2.45, 2.75) is 20.5 Å². The number of hydrogen-bond donors (Lipinski definition) is 1. The molecule has 1 N–H and O–H groups in total. The molecule has 2 aromatic carbocycles. The second-order valence-corrected chi connectivity index (χ2v) is 9.16. The van der Waals surface area contributed by atoms with Crippen LogP contribution in [0.15, 0.2) is 42.5 Å². The molecule has 158 valence electrons. The van der Waals surface area contributed by atoms with Crippen molar-refractivity contribution < 1.29 is 4.74 Å². The van der Waals surface area contributed by atoms with Crippen LogP contribution < -0.4 is 15.0 Å². The Morgan fingerprint density at radius 3 is 2.43 bits per heavy atom. The van der Waals surface area contributed by atoms with E-state index in [2.05, 4.69) is 59.3 Å². The van der Waals surface area contributed by atoms with E-state index in [9.17, 15) is 0 Å². The molecular formula is C22H27N5OS2. The normalized spacial score (nSPS) is 14.7. The molecule has 0 atom stereocenters. The SMILES string of the molecule is COc1ccc(N2CCN(Cn3nc(Nc4ccc(C)c(C)c4)sc3=S)CC2)cc1. The second kappa shape index (κ2) is 9.16. The Labute approximate surface area is 186 Å². The number of anilines is 3. The van der Waals surface area contributed by atoms with E-state index < -0.39 is 0 Å². The van der Waals surface area contributed by atoms with Crippen molar-refractivity contribution >= 4 is 40.1 Å². The molecule has 30 heavy (non-hydrogen) atoms. The number of nitrogens with one attached hydrogen (secondary N) is 1. The van der Waals surface area contributed by atoms with Crippen LogP contribution in [-0.4, -0.2) is 48.0 Å². The highest BCUT2D eigenvalue weighted by molar-refractivity contribution is 7.73. The van der Waals surface area contributed by atoms with Crippen LogP contribution in [0.1, 0.15) is 11.1 Å². The first kappa shape index (κ1) is 20.8. The molecule has 1 aliphatic rings. The van der Waals surface area contributed by atoms with Crippen molar-refractivity contribution in [1.82, 2.24) is 14.7 Å². The van der Waals surface area contributed by atoms with Gasteiger partial charge >= 0.3 is 0 Å². The van der Waals surface area contributed by atoms with Gasteiger partial charge in [-0.25, -0.2) is 4.68 Å². The van der Waals surface area contributed by atoms with E-state index in [4.69, 9.17) is 22.1 Å². The Bertz CT molecular complexity index is 1050. The number of aryl methyl sites for hydroxylation is 2. The fourth-order valence-corrected chi connectivity index (χ4v) is 4.53. The molecule has 6 nitrogen and oxygen atoms in total. The third-order valence-electron chi connectivity index (χ3n) is 5.51. The third kappa shape index (κ3) is 4.83. The summed E-state index contributed by atoms with van der Waals surface area (Å²) in [5.41, 5.74) is 4.83. The molecule has 8 heteroatoms. The zero-order chi connectivity index (χ0) is 21.1. The fourth-order valence-electron chi connectivity index (χ4n) is 3.52. The maximum atomic E-state index is 5.56. The van der Waals surface area contributed by atoms with E-state index in [0.29, 0.717) is 0 Å². The number of methoxy groups -OCH3 is 1. The van der Waals surface area contributed by atoms with E-state index in [1.807, 2.05) is 16.8 Å². The number of benzene rings is 2. The van der Waals surface area contributed by atoms with Crippen molar-refractivity contribution in [2.24, 2.45) is 0 Å². The summed E-state index contributed by atoms with van der Waals surface area (Å²) in [7, 11) is 1.69. The number of rotatable bonds is 6. The summed E-state index contributed by atoms with van der Waals surface area (Å²) in [6.45, 7) is 8.88. The van der Waals surface area contributed by atoms with Gasteiger partial charge in [0.2, 0.25) is 5.13 Å². The lowest BCUT2D eigenvalue weighted by Gasteiger charge is -2.35. The van der Waals surface area contributed by atoms with E-state index in [-0.39, 0.29) is 0 Å². The highest BCUT2D eigenvalue weighted by Crippen LogP contribution is 2.23. The Morgan fingerprint density at radius 2 is 1.77 bits per heavy atom. The van der Waals surface area contributed by atoms with Crippen LogP contribution in [0.3, 0.4) is 0 Å². The average molecular weight is 442 g/mol. The Morgan fingerprint density at radius 1 is 1.03 bits per heavy atom. The Hall–Kier alpha value is -2.42. The maximum absolute atomic E-state index is 5.56. The quantitative estimate of drug-likeness (QED) is 0.553. The lowest BCUT2D eigenvalue weighted by molar-refractivity contribution is 0.195. The first-order chi connectivity index (χ1) is 14.5. The van der Waals surface area contributed by atoms with Gasteiger partial charge in [-0.05, 0) is 73.6 Å². The topological polar surface area (TPSA) is 45.6 Å². The van der Waals surface area contributed by atoms with Gasteiger partial charge in [0, 0.05) is 37.6 Å². The number of aromatic nitrogens is 2. The molecule has 0 spiro atoms. The van der Waals surface area contributed by atoms with Crippen LogP contribution in [0.2, 0.25) is 0 Å². The molecule has 0 unspecified atom stereocenters. The first-order valence-electron chi connectivity index (χ1n) is 10.1. The van der Waals surface area contributed by atoms with Gasteiger partial charge < -0.3 is 15.0 Å². The number of nitrogens with zero attached hydrogens (tertiary/aromatic N) is 4. The van der Waals surface area contributed by atoms with Crippen LogP contribution >= 0.6 is 23.6 Å². The van der Waals surface area contributed by atoms with E-state index in [0.717, 1.165) is 53.4 Å². The zero-order valence-electron chi connectivity index (χ0n) is 17.6. The van der Waals surface area contributed by atoms with Crippen LogP contribution in [-0.2, 0) is 6.67 Å². The van der Waals surface area contributed by atoms with Gasteiger partial charge in [-0.1, -0.05) is 17.4 Å². The van der Waals surface area contributed by atoms with E-state index in [1.165, 1.54) is 28.2 Å². The standard InChI is InChI=1S/C22H27N5OS2/c1-16-4-5-18(14-17(16)2)23-21-24-27(22(29)30-21)15-25-10-12-26(13-11-25)19-6-8-20(28-3)9-7-19/h4-9,14H,10-13,15H2,1-3H3,(H,23,24). The second-order valence-electron chi connectivity index (χ2n) is 7.54. The zero-order valence-corrected chi connectivity index (χ0v) is 19.2. The minimum Gasteiger partial charge on any atom is -0.497 e. The van der Waals surface area contributed by atoms with Gasteiger partial charge in [-0.15, -0.1) is 5.10 Å². The summed E-state index contributed by atoms with van der Waals surface area (Å²) in [5.74, 6) is 0.889. The smallest absolute Gasteiger partial charge is 0.209 e. The van der Waals surface area contributed by atoms with Crippen LogP contribution in [0, 0.1) is 17.8 Å². The molecule has 1 aliphatic heterocycles. The molecule has 4 rings (SSSR count). The van der Waals surface area contributed by atoms with Crippen molar-refractivity contribution in [3.63, 3.8) is 0 Å². The predicted octanol–water partition coefficient (Wildman–Crippen LogP) is 4.82. The lowest BCUT2D eigenvalue weighted by atomic mass is 10.1. The maximum Gasteiger partial charge on any atom is 0.209 e. The van der Waals surface area contributed by atoms with Crippen LogP contribution in [0.5, 0.6) is 5.75 Å². The summed E-state index contributed by atoms with van der Waals surface area (Å²) in [5, 5.41) is 8.92. The largest absolute Gasteiger partial charge is 0.497 e. The molecule has 1 aromatic heterocycles. The molecule has 2 heterocycles. The molecule has 3 aromatic rings. The highest BCUT2D eigenvalue weighted by Gasteiger charge is 2.18. The van der Waals surface area contributed by atoms with Gasteiger partial charge in [0.05, 0.1) is 13.8 Å². The summed E-state index contributed by atoms with van der Waals surface area (Å²) >= 11 is 7.07. The molecular weight excluding hydrogens is 414 g/mol. The number of ether oxygens (including phenoxy) is 1. The van der Waals surface area contributed by atoms with E-state index >= 15 is 0 Å². The minimum atomic E-state index is 0.723. The molecule has 0 radical (unpaired) electrons. The Kier molecular flexibility index (Phi) is 6.36. The molecule has 1 fully saturated rings. The first-order valence-corrected chi connectivity index (χ1v) is 11.3. The number of piperazine rings is 1. The van der Waals surface area contributed by atoms with Crippen molar-refractivity contribution in [3.8, 4) is 5.75 Å². The van der Waals surface area contributed by atoms with Gasteiger partial charge in [-0.2, -0.15) is 0 Å². The Balaban J connectivity index is 1.35. The van der Waals surface area contributed by atoms with Crippen LogP contribution in [0.25, 0.3) is 0 Å². The van der Waals surface area contributed by atoms with E-state index in [1.54, 1.807) is 7.11 Å². The van der Waals surface area contributed by atoms with Crippen molar-refractivity contribution in [3.05, 3.63) is 57.5 Å². The molecule has 0 amide bonds. The summed E-state index contributed by atoms with van der Waals surface area (Å²) in [4.78, 5) is 4.80. The monoisotopic (exact) mass is 441 g/mol. The van der Waals surface area contributed by atoms with Crippen molar-refractivity contribution in [2.75, 3.05) is 43.5 Å². The minimum absolute atomic E-state index is 0.723. The third-order valence-corrected chi connectivity index (χ3v) is 6.73. The number of hydrogen-bond acceptors (Lipinski definition) is 7. The van der Waals surface area contributed by atoms with Gasteiger partial charge in [-0.3, -0.25) is 4.90 Å². The predicted molar refractivity (Wildman–Crippen MR) is 127 cm³/mol. The van der Waals surface area contributed by atoms with Gasteiger partial charge in [0.15, 0.2) is 3.95 Å². The summed E-state index contributed by atoms with van der Waals surface area (Å²) in [6, 6.07) is 14.6. The molecule has 0 aliphatic carbocycles. The summed E-state index contributed by atoms with van der Waals surface area (Å²) in [6.07, 6.45) is 0. The van der Waals surface area contributed by atoms with Crippen LogP contribution in [0.4, 0.5) is 16.5 Å². The molecule has 0 saturated carbocycles. The average Bonchev–Trinajstić information content (AvgIpc) is 3.10. The summed E-state index contributed by atoms with van der Waals surface area (Å²) < 4.78 is 7.96. The van der Waals surface area contributed by atoms with Crippen molar-refractivity contribution in [1.29, 1.82) is 0 Å².